The van der Waals surface area contributed by atoms with Crippen molar-refractivity contribution < 1.29 is 0 Å². The molecule has 15 heavy (non-hydrogen) atoms. The number of hydrogen-bond acceptors (Lipinski definition) is 6. The van der Waals surface area contributed by atoms with Crippen LogP contribution >= 0.6 is 11.5 Å². The van der Waals surface area contributed by atoms with Crippen LogP contribution in [0.1, 0.15) is 19.3 Å². The summed E-state index contributed by atoms with van der Waals surface area (Å²) in [4.78, 5) is 6.69. The predicted molar refractivity (Wildman–Crippen MR) is 60.9 cm³/mol. The molecule has 82 valence electrons. The lowest BCUT2D eigenvalue weighted by Crippen LogP contribution is -2.27. The molecule has 0 radical (unpaired) electrons. The van der Waals surface area contributed by atoms with Crippen molar-refractivity contribution in [3.05, 3.63) is 0 Å². The van der Waals surface area contributed by atoms with Crippen molar-refractivity contribution in [2.75, 3.05) is 24.1 Å². The van der Waals surface area contributed by atoms with Crippen LogP contribution in [-0.4, -0.2) is 39.4 Å². The second kappa shape index (κ2) is 3.61. The van der Waals surface area contributed by atoms with Crippen LogP contribution in [-0.2, 0) is 0 Å². The van der Waals surface area contributed by atoms with Crippen molar-refractivity contribution in [3.63, 3.8) is 0 Å². The number of likely N-dealkylation sites (tertiary alicyclic amines) is 1. The van der Waals surface area contributed by atoms with Crippen LogP contribution in [0.25, 0.3) is 0 Å². The first-order valence-electron chi connectivity index (χ1n) is 5.41. The summed E-state index contributed by atoms with van der Waals surface area (Å²) >= 11 is 1.35. The number of nitrogens with one attached hydrogen (secondary N) is 1. The molecule has 3 N–H and O–H groups in total. The number of nitrogens with two attached hydrogens (primary N) is 1. The molecule has 2 fully saturated rings. The van der Waals surface area contributed by atoms with Gasteiger partial charge in [0.1, 0.15) is 0 Å². The minimum Gasteiger partial charge on any atom is -0.367 e. The average molecular weight is 225 g/mol. The molecule has 2 aliphatic rings. The minimum absolute atomic E-state index is 0.375. The lowest BCUT2D eigenvalue weighted by molar-refractivity contribution is 0.326. The molecule has 0 spiro atoms. The van der Waals surface area contributed by atoms with Gasteiger partial charge in [0.05, 0.1) is 0 Å². The maximum atomic E-state index is 5.48. The molecule has 6 heteroatoms. The van der Waals surface area contributed by atoms with Crippen LogP contribution in [0.3, 0.4) is 0 Å². The lowest BCUT2D eigenvalue weighted by atomic mass is 10.3. The van der Waals surface area contributed by atoms with E-state index in [1.165, 1.54) is 37.3 Å². The van der Waals surface area contributed by atoms with E-state index in [9.17, 15) is 0 Å². The minimum atomic E-state index is 0.375. The van der Waals surface area contributed by atoms with Crippen LogP contribution < -0.4 is 11.1 Å². The predicted octanol–water partition coefficient (Wildman–Crippen LogP) is 0.769. The Bertz CT molecular complexity index is 348. The van der Waals surface area contributed by atoms with Gasteiger partial charge in [0, 0.05) is 36.7 Å². The highest BCUT2D eigenvalue weighted by Gasteiger charge is 2.34. The number of anilines is 2. The summed E-state index contributed by atoms with van der Waals surface area (Å²) in [6.45, 7) is 2.36. The van der Waals surface area contributed by atoms with E-state index in [1.54, 1.807) is 0 Å². The van der Waals surface area contributed by atoms with Gasteiger partial charge in [0.15, 0.2) is 0 Å². The van der Waals surface area contributed by atoms with E-state index in [0.29, 0.717) is 12.0 Å². The Morgan fingerprint density at radius 3 is 2.93 bits per heavy atom. The molecule has 1 aromatic rings. The molecule has 5 nitrogen and oxygen atoms in total. The third-order valence-electron chi connectivity index (χ3n) is 3.05. The van der Waals surface area contributed by atoms with Gasteiger partial charge in [-0.2, -0.15) is 9.36 Å². The van der Waals surface area contributed by atoms with Gasteiger partial charge in [-0.25, -0.2) is 0 Å². The zero-order valence-corrected chi connectivity index (χ0v) is 9.33. The molecular weight excluding hydrogens is 210 g/mol. The SMILES string of the molecule is Nc1nsc(NC2CCN(C3CC3)C2)n1. The van der Waals surface area contributed by atoms with Gasteiger partial charge in [0.25, 0.3) is 0 Å². The van der Waals surface area contributed by atoms with Crippen LogP contribution in [0.2, 0.25) is 0 Å². The fourth-order valence-corrected chi connectivity index (χ4v) is 2.72. The van der Waals surface area contributed by atoms with E-state index in [0.717, 1.165) is 17.7 Å². The molecule has 1 aliphatic carbocycles. The summed E-state index contributed by atoms with van der Waals surface area (Å²) in [6.07, 6.45) is 3.98. The summed E-state index contributed by atoms with van der Waals surface area (Å²) in [5, 5.41) is 4.25. The van der Waals surface area contributed by atoms with E-state index in [-0.39, 0.29) is 0 Å². The van der Waals surface area contributed by atoms with Gasteiger partial charge in [-0.3, -0.25) is 4.90 Å². The van der Waals surface area contributed by atoms with E-state index in [4.69, 9.17) is 5.73 Å². The molecule has 0 aromatic carbocycles. The average Bonchev–Trinajstić information content (AvgIpc) is 2.84. The first-order chi connectivity index (χ1) is 7.31. The van der Waals surface area contributed by atoms with E-state index < -0.39 is 0 Å². The summed E-state index contributed by atoms with van der Waals surface area (Å²) < 4.78 is 3.96. The summed E-state index contributed by atoms with van der Waals surface area (Å²) in [5.41, 5.74) is 5.48. The number of hydrogen-bond donors (Lipinski definition) is 2. The smallest absolute Gasteiger partial charge is 0.233 e. The molecule has 1 aromatic heterocycles. The Morgan fingerprint density at radius 2 is 2.27 bits per heavy atom. The Morgan fingerprint density at radius 1 is 1.40 bits per heavy atom. The largest absolute Gasteiger partial charge is 0.367 e. The standard InChI is InChI=1S/C9H15N5S/c10-8-12-9(15-13-8)11-6-3-4-14(5-6)7-1-2-7/h6-7H,1-5H2,(H3,10,11,12,13). The van der Waals surface area contributed by atoms with E-state index in [2.05, 4.69) is 19.6 Å². The Labute approximate surface area is 92.8 Å². The van der Waals surface area contributed by atoms with Crippen LogP contribution in [0.15, 0.2) is 0 Å². The zero-order valence-electron chi connectivity index (χ0n) is 8.52. The van der Waals surface area contributed by atoms with Gasteiger partial charge < -0.3 is 11.1 Å². The zero-order chi connectivity index (χ0) is 10.3. The maximum Gasteiger partial charge on any atom is 0.233 e. The first-order valence-corrected chi connectivity index (χ1v) is 6.18. The number of nitrogen functional groups attached to an aromatic ring is 1. The van der Waals surface area contributed by atoms with Gasteiger partial charge >= 0.3 is 0 Å². The highest BCUT2D eigenvalue weighted by atomic mass is 32.1. The van der Waals surface area contributed by atoms with Crippen molar-refractivity contribution >= 4 is 22.6 Å². The molecule has 3 rings (SSSR count). The fourth-order valence-electron chi connectivity index (χ4n) is 2.14. The molecule has 1 saturated heterocycles. The van der Waals surface area contributed by atoms with Gasteiger partial charge in [-0.1, -0.05) is 0 Å². The summed E-state index contributed by atoms with van der Waals surface area (Å²) in [7, 11) is 0. The Hall–Kier alpha value is -0.880. The van der Waals surface area contributed by atoms with Crippen molar-refractivity contribution in [3.8, 4) is 0 Å². The van der Waals surface area contributed by atoms with Gasteiger partial charge in [-0.05, 0) is 19.3 Å². The monoisotopic (exact) mass is 225 g/mol. The molecule has 0 amide bonds. The van der Waals surface area contributed by atoms with Crippen LogP contribution in [0, 0.1) is 0 Å². The highest BCUT2D eigenvalue weighted by Crippen LogP contribution is 2.30. The highest BCUT2D eigenvalue weighted by molar-refractivity contribution is 7.09. The Kier molecular flexibility index (Phi) is 2.25. The van der Waals surface area contributed by atoms with Crippen molar-refractivity contribution in [2.24, 2.45) is 0 Å². The van der Waals surface area contributed by atoms with E-state index in [1.807, 2.05) is 0 Å². The third kappa shape index (κ3) is 2.05. The Balaban J connectivity index is 1.56. The number of rotatable bonds is 3. The topological polar surface area (TPSA) is 67.1 Å². The second-order valence-electron chi connectivity index (χ2n) is 4.31. The van der Waals surface area contributed by atoms with Gasteiger partial charge in [-0.15, -0.1) is 0 Å². The third-order valence-corrected chi connectivity index (χ3v) is 3.71. The quantitative estimate of drug-likeness (QED) is 0.795. The number of aromatic nitrogens is 2. The first kappa shape index (κ1) is 9.35. The molecule has 0 bridgehead atoms. The van der Waals surface area contributed by atoms with E-state index >= 15 is 0 Å². The molecule has 2 heterocycles. The van der Waals surface area contributed by atoms with Crippen molar-refractivity contribution in [2.45, 2.75) is 31.3 Å². The second-order valence-corrected chi connectivity index (χ2v) is 5.07. The summed E-state index contributed by atoms with van der Waals surface area (Å²) in [5.74, 6) is 0.375. The lowest BCUT2D eigenvalue weighted by Gasteiger charge is -2.14. The van der Waals surface area contributed by atoms with Crippen LogP contribution in [0.4, 0.5) is 11.1 Å². The van der Waals surface area contributed by atoms with Crippen LogP contribution in [0.5, 0.6) is 0 Å². The number of nitrogens with zero attached hydrogens (tertiary/aromatic N) is 3. The molecule has 1 aliphatic heterocycles. The molecule has 1 saturated carbocycles. The molecule has 1 unspecified atom stereocenters. The van der Waals surface area contributed by atoms with Crippen molar-refractivity contribution in [1.29, 1.82) is 0 Å². The van der Waals surface area contributed by atoms with Crippen molar-refractivity contribution in [1.82, 2.24) is 14.3 Å². The normalized spacial score (nSPS) is 27.1. The fraction of sp³-hybridized carbons (Fsp3) is 0.778. The maximum absolute atomic E-state index is 5.48. The molecule has 1 atom stereocenters. The molecular formula is C9H15N5S. The summed E-state index contributed by atoms with van der Waals surface area (Å²) in [6, 6.07) is 1.40. The van der Waals surface area contributed by atoms with Gasteiger partial charge in [0.2, 0.25) is 11.1 Å².